The number of benzene rings is 3. The Morgan fingerprint density at radius 3 is 2.17 bits per heavy atom. The first-order chi connectivity index (χ1) is 17.0. The number of hydrogen-bond acceptors (Lipinski definition) is 6. The van der Waals surface area contributed by atoms with Crippen molar-refractivity contribution in [1.29, 1.82) is 0 Å². The predicted molar refractivity (Wildman–Crippen MR) is 133 cm³/mol. The summed E-state index contributed by atoms with van der Waals surface area (Å²) in [6.45, 7) is 0. The van der Waals surface area contributed by atoms with Gasteiger partial charge in [0, 0.05) is 44.5 Å². The van der Waals surface area contributed by atoms with Crippen molar-refractivity contribution in [3.05, 3.63) is 72.8 Å². The first-order valence-corrected chi connectivity index (χ1v) is 12.2. The molecule has 1 atom stereocenters. The van der Waals surface area contributed by atoms with Crippen LogP contribution in [0, 0.1) is 5.82 Å². The van der Waals surface area contributed by atoms with E-state index in [1.54, 1.807) is 38.7 Å². The average molecular weight is 489 g/mol. The van der Waals surface area contributed by atoms with Gasteiger partial charge in [-0.1, -0.05) is 12.1 Å². The molecule has 35 heavy (non-hydrogen) atoms. The minimum atomic E-state index is -1.08. The quantitative estimate of drug-likeness (QED) is 0.351. The SMILES string of the molecule is COc1cc2ncnc(-c3[nH]c(-c4ccc([S@@](C)=O)cc4)nc3-c3ccc(F)cc3)c2cc1OC. The fraction of sp³-hybridized carbons (Fsp3) is 0.115. The largest absolute Gasteiger partial charge is 0.493 e. The lowest BCUT2D eigenvalue weighted by Crippen LogP contribution is -1.95. The van der Waals surface area contributed by atoms with Crippen molar-refractivity contribution >= 4 is 21.7 Å². The number of aromatic amines is 1. The van der Waals surface area contributed by atoms with Gasteiger partial charge in [-0.25, -0.2) is 19.3 Å². The molecule has 9 heteroatoms. The molecule has 0 saturated carbocycles. The topological polar surface area (TPSA) is 90.0 Å². The molecule has 2 aromatic heterocycles. The van der Waals surface area contributed by atoms with Gasteiger partial charge in [0.25, 0.3) is 0 Å². The number of aromatic nitrogens is 4. The van der Waals surface area contributed by atoms with Crippen LogP contribution in [0.2, 0.25) is 0 Å². The van der Waals surface area contributed by atoms with Gasteiger partial charge in [-0.05, 0) is 42.5 Å². The Morgan fingerprint density at radius 1 is 0.857 bits per heavy atom. The number of hydrogen-bond donors (Lipinski definition) is 1. The van der Waals surface area contributed by atoms with Crippen molar-refractivity contribution in [3.63, 3.8) is 0 Å². The summed E-state index contributed by atoms with van der Waals surface area (Å²) in [6, 6.07) is 17.1. The molecule has 1 N–H and O–H groups in total. The number of methoxy groups -OCH3 is 2. The van der Waals surface area contributed by atoms with Crippen molar-refractivity contribution in [2.75, 3.05) is 20.5 Å². The molecule has 2 heterocycles. The van der Waals surface area contributed by atoms with Crippen LogP contribution in [0.5, 0.6) is 11.5 Å². The van der Waals surface area contributed by atoms with Crippen LogP contribution < -0.4 is 9.47 Å². The summed E-state index contributed by atoms with van der Waals surface area (Å²) < 4.78 is 36.4. The maximum absolute atomic E-state index is 13.7. The summed E-state index contributed by atoms with van der Waals surface area (Å²) in [5, 5.41) is 0.737. The van der Waals surface area contributed by atoms with Crippen molar-refractivity contribution in [2.45, 2.75) is 4.90 Å². The molecular weight excluding hydrogens is 467 g/mol. The Balaban J connectivity index is 1.74. The van der Waals surface area contributed by atoms with Crippen LogP contribution in [0.1, 0.15) is 0 Å². The highest BCUT2D eigenvalue weighted by Crippen LogP contribution is 2.38. The van der Waals surface area contributed by atoms with E-state index >= 15 is 0 Å². The van der Waals surface area contributed by atoms with E-state index in [-0.39, 0.29) is 5.82 Å². The zero-order chi connectivity index (χ0) is 24.5. The number of H-pyrrole nitrogens is 1. The number of imidazole rings is 1. The summed E-state index contributed by atoms with van der Waals surface area (Å²) in [7, 11) is 2.05. The van der Waals surface area contributed by atoms with E-state index in [2.05, 4.69) is 15.0 Å². The Morgan fingerprint density at radius 2 is 1.51 bits per heavy atom. The highest BCUT2D eigenvalue weighted by Gasteiger charge is 2.20. The number of rotatable bonds is 6. The first-order valence-electron chi connectivity index (χ1n) is 10.7. The van der Waals surface area contributed by atoms with Gasteiger partial charge in [0.15, 0.2) is 11.5 Å². The minimum absolute atomic E-state index is 0.335. The van der Waals surface area contributed by atoms with Gasteiger partial charge in [-0.3, -0.25) is 4.21 Å². The van der Waals surface area contributed by atoms with E-state index in [0.29, 0.717) is 39.9 Å². The maximum Gasteiger partial charge on any atom is 0.162 e. The fourth-order valence-corrected chi connectivity index (χ4v) is 4.40. The third-order valence-corrected chi connectivity index (χ3v) is 6.59. The van der Waals surface area contributed by atoms with Crippen LogP contribution in [0.4, 0.5) is 4.39 Å². The van der Waals surface area contributed by atoms with Crippen molar-refractivity contribution in [1.82, 2.24) is 19.9 Å². The second-order valence-electron chi connectivity index (χ2n) is 7.74. The number of ether oxygens (including phenoxy) is 2. The molecule has 0 radical (unpaired) electrons. The monoisotopic (exact) mass is 488 g/mol. The summed E-state index contributed by atoms with van der Waals surface area (Å²) >= 11 is 0. The molecule has 5 aromatic rings. The zero-order valence-electron chi connectivity index (χ0n) is 19.2. The zero-order valence-corrected chi connectivity index (χ0v) is 20.0. The lowest BCUT2D eigenvalue weighted by atomic mass is 10.1. The molecule has 0 saturated heterocycles. The Kier molecular flexibility index (Phi) is 6.00. The molecule has 5 rings (SSSR count). The lowest BCUT2D eigenvalue weighted by molar-refractivity contribution is 0.356. The molecule has 3 aromatic carbocycles. The number of fused-ring (bicyclic) bond motifs is 1. The fourth-order valence-electron chi connectivity index (χ4n) is 3.88. The summed E-state index contributed by atoms with van der Waals surface area (Å²) in [5.74, 6) is 1.36. The van der Waals surface area contributed by atoms with Gasteiger partial charge < -0.3 is 14.5 Å². The van der Waals surface area contributed by atoms with Crippen LogP contribution in [-0.2, 0) is 10.8 Å². The molecule has 176 valence electrons. The predicted octanol–water partition coefficient (Wildman–Crippen LogP) is 5.25. The summed E-state index contributed by atoms with van der Waals surface area (Å²) in [6.07, 6.45) is 3.11. The molecule has 7 nitrogen and oxygen atoms in total. The number of halogens is 1. The highest BCUT2D eigenvalue weighted by atomic mass is 32.2. The molecule has 0 spiro atoms. The van der Waals surface area contributed by atoms with E-state index in [1.807, 2.05) is 30.3 Å². The molecule has 0 aliphatic rings. The maximum atomic E-state index is 13.7. The van der Waals surface area contributed by atoms with Gasteiger partial charge in [-0.15, -0.1) is 0 Å². The smallest absolute Gasteiger partial charge is 0.162 e. The van der Waals surface area contributed by atoms with E-state index in [1.165, 1.54) is 18.5 Å². The second-order valence-corrected chi connectivity index (χ2v) is 9.12. The van der Waals surface area contributed by atoms with Crippen LogP contribution in [0.25, 0.3) is 44.9 Å². The van der Waals surface area contributed by atoms with Crippen molar-refractivity contribution < 1.29 is 18.1 Å². The van der Waals surface area contributed by atoms with Gasteiger partial charge >= 0.3 is 0 Å². The third kappa shape index (κ3) is 4.26. The normalized spacial score (nSPS) is 12.0. The second kappa shape index (κ2) is 9.27. The number of nitrogens with zero attached hydrogens (tertiary/aromatic N) is 3. The molecule has 0 unspecified atom stereocenters. The van der Waals surface area contributed by atoms with Crippen molar-refractivity contribution in [3.8, 4) is 45.5 Å². The average Bonchev–Trinajstić information content (AvgIpc) is 3.33. The van der Waals surface area contributed by atoms with Gasteiger partial charge in [0.05, 0.1) is 31.1 Å². The summed E-state index contributed by atoms with van der Waals surface area (Å²) in [4.78, 5) is 17.9. The Bertz CT molecular complexity index is 1550. The Hall–Kier alpha value is -4.11. The molecular formula is C26H21FN4O3S. The van der Waals surface area contributed by atoms with Crippen LogP contribution >= 0.6 is 0 Å². The van der Waals surface area contributed by atoms with Crippen molar-refractivity contribution in [2.24, 2.45) is 0 Å². The third-order valence-electron chi connectivity index (χ3n) is 5.66. The standard InChI is InChI=1S/C26H21FN4O3S/c1-33-21-12-19-20(13-22(21)34-2)28-14-29-24(19)25-23(15-4-8-17(27)9-5-15)30-26(31-25)16-6-10-18(11-7-16)35(3)32/h4-14H,1-3H3,(H,30,31)/t35-/m1/s1. The van der Waals surface area contributed by atoms with E-state index in [0.717, 1.165) is 21.4 Å². The van der Waals surface area contributed by atoms with Gasteiger partial charge in [0.2, 0.25) is 0 Å². The number of nitrogens with one attached hydrogen (secondary N) is 1. The van der Waals surface area contributed by atoms with E-state index in [4.69, 9.17) is 14.5 Å². The Labute approximate surface area is 203 Å². The highest BCUT2D eigenvalue weighted by molar-refractivity contribution is 7.84. The van der Waals surface area contributed by atoms with Gasteiger partial charge in [0.1, 0.15) is 23.7 Å². The molecule has 0 aliphatic heterocycles. The first kappa shape index (κ1) is 22.7. The summed E-state index contributed by atoms with van der Waals surface area (Å²) in [5.41, 5.74) is 4.07. The van der Waals surface area contributed by atoms with Crippen LogP contribution in [0.3, 0.4) is 0 Å². The lowest BCUT2D eigenvalue weighted by Gasteiger charge is -2.11. The van der Waals surface area contributed by atoms with Gasteiger partial charge in [-0.2, -0.15) is 0 Å². The minimum Gasteiger partial charge on any atom is -0.493 e. The molecule has 0 fully saturated rings. The molecule has 0 amide bonds. The van der Waals surface area contributed by atoms with E-state index in [9.17, 15) is 8.60 Å². The van der Waals surface area contributed by atoms with Crippen LogP contribution in [-0.4, -0.2) is 44.6 Å². The molecule has 0 aliphatic carbocycles. The van der Waals surface area contributed by atoms with E-state index < -0.39 is 10.8 Å². The molecule has 0 bridgehead atoms. The van der Waals surface area contributed by atoms with Crippen LogP contribution in [0.15, 0.2) is 71.9 Å².